The summed E-state index contributed by atoms with van der Waals surface area (Å²) in [6.45, 7) is 0. The third kappa shape index (κ3) is 5.43. The van der Waals surface area contributed by atoms with Gasteiger partial charge in [-0.2, -0.15) is 0 Å². The maximum Gasteiger partial charge on any atom is 2.00 e. The van der Waals surface area contributed by atoms with E-state index in [4.69, 9.17) is 19.8 Å². The Balaban J connectivity index is 0. The van der Waals surface area contributed by atoms with Crippen molar-refractivity contribution in [1.29, 1.82) is 0 Å². The van der Waals surface area contributed by atoms with Crippen LogP contribution in [-0.2, 0) is 26.1 Å². The molecule has 0 atom stereocenters. The minimum absolute atomic E-state index is 0. The summed E-state index contributed by atoms with van der Waals surface area (Å²) in [4.78, 5) is 17.9. The van der Waals surface area contributed by atoms with Crippen LogP contribution in [0, 0.1) is 0 Å². The average Bonchev–Trinajstić information content (AvgIpc) is 1.36. The van der Waals surface area contributed by atoms with E-state index in [1.807, 2.05) is 0 Å². The molecule has 5 heteroatoms. The monoisotopic (exact) mass is 146 g/mol. The molecule has 0 saturated carbocycles. The van der Waals surface area contributed by atoms with E-state index >= 15 is 0 Å². The molecule has 0 aliphatic carbocycles. The molecule has 0 aromatic rings. The first kappa shape index (κ1) is 9.66. The summed E-state index contributed by atoms with van der Waals surface area (Å²) in [6, 6.07) is 0. The normalized spacial score (nSPS) is 6.29. The smallest absolute Gasteiger partial charge is 0.543 e. The SMILES string of the molecule is O=C([O-])C(=O)[O-].[Ni+2]. The Morgan fingerprint density at radius 1 is 1.00 bits per heavy atom. The van der Waals surface area contributed by atoms with E-state index in [-0.39, 0.29) is 16.5 Å². The van der Waals surface area contributed by atoms with Crippen LogP contribution >= 0.6 is 0 Å². The Bertz CT molecular complexity index is 75.7. The Hall–Kier alpha value is -0.566. The van der Waals surface area contributed by atoms with Crippen molar-refractivity contribution in [2.75, 3.05) is 0 Å². The molecule has 0 aliphatic rings. The van der Waals surface area contributed by atoms with Crippen LogP contribution in [0.15, 0.2) is 0 Å². The Morgan fingerprint density at radius 2 is 1.14 bits per heavy atom. The molecule has 0 aromatic heterocycles. The molecular weight excluding hydrogens is 147 g/mol. The molecule has 0 amide bonds. The topological polar surface area (TPSA) is 80.3 Å². The summed E-state index contributed by atoms with van der Waals surface area (Å²) in [7, 11) is 0. The molecule has 0 aromatic carbocycles. The van der Waals surface area contributed by atoms with Gasteiger partial charge >= 0.3 is 16.5 Å². The van der Waals surface area contributed by atoms with Crippen molar-refractivity contribution in [1.82, 2.24) is 0 Å². The zero-order valence-corrected chi connectivity index (χ0v) is 3.94. The minimum Gasteiger partial charge on any atom is -0.543 e. The van der Waals surface area contributed by atoms with Gasteiger partial charge in [0.2, 0.25) is 0 Å². The Labute approximate surface area is 49.1 Å². The van der Waals surface area contributed by atoms with Gasteiger partial charge in [-0.15, -0.1) is 0 Å². The van der Waals surface area contributed by atoms with Crippen LogP contribution in [0.4, 0.5) is 0 Å². The molecule has 0 heterocycles. The molecule has 0 spiro atoms. The first-order valence-electron chi connectivity index (χ1n) is 1.07. The van der Waals surface area contributed by atoms with Crippen LogP contribution in [0.5, 0.6) is 0 Å². The van der Waals surface area contributed by atoms with Crippen molar-refractivity contribution in [3.8, 4) is 0 Å². The molecule has 4 nitrogen and oxygen atoms in total. The van der Waals surface area contributed by atoms with Gasteiger partial charge in [-0.05, 0) is 0 Å². The maximum atomic E-state index is 8.93. The van der Waals surface area contributed by atoms with Gasteiger partial charge in [0.25, 0.3) is 0 Å². The number of carbonyl (C=O) groups excluding carboxylic acids is 2. The molecule has 0 aliphatic heterocycles. The van der Waals surface area contributed by atoms with Gasteiger partial charge in [0.05, 0.1) is 11.9 Å². The molecule has 0 fully saturated rings. The van der Waals surface area contributed by atoms with E-state index in [1.165, 1.54) is 0 Å². The molecule has 42 valence electrons. The van der Waals surface area contributed by atoms with Crippen LogP contribution in [0.2, 0.25) is 0 Å². The summed E-state index contributed by atoms with van der Waals surface area (Å²) in [5.74, 6) is -4.37. The quantitative estimate of drug-likeness (QED) is 0.262. The van der Waals surface area contributed by atoms with Crippen LogP contribution in [-0.4, -0.2) is 11.9 Å². The summed E-state index contributed by atoms with van der Waals surface area (Å²) in [5.41, 5.74) is 0. The number of carboxylic acids is 2. The van der Waals surface area contributed by atoms with Gasteiger partial charge in [-0.1, -0.05) is 0 Å². The van der Waals surface area contributed by atoms with Crippen molar-refractivity contribution >= 4 is 11.9 Å². The Kier molecular flexibility index (Phi) is 4.99. The van der Waals surface area contributed by atoms with Gasteiger partial charge in [0.15, 0.2) is 0 Å². The van der Waals surface area contributed by atoms with Crippen molar-refractivity contribution in [2.45, 2.75) is 0 Å². The van der Waals surface area contributed by atoms with Gasteiger partial charge in [0.1, 0.15) is 0 Å². The van der Waals surface area contributed by atoms with Gasteiger partial charge < -0.3 is 19.8 Å². The Morgan fingerprint density at radius 3 is 1.14 bits per heavy atom. The third-order valence-electron chi connectivity index (χ3n) is 0.167. The zero-order valence-electron chi connectivity index (χ0n) is 2.95. The predicted octanol–water partition coefficient (Wildman–Crippen LogP) is -3.52. The second-order valence-electron chi connectivity index (χ2n) is 0.575. The molecule has 0 radical (unpaired) electrons. The number of hydrogen-bond donors (Lipinski definition) is 0. The fourth-order valence-electron chi connectivity index (χ4n) is 0. The summed E-state index contributed by atoms with van der Waals surface area (Å²) in [5, 5.41) is 17.9. The fraction of sp³-hybridized carbons (Fsp3) is 0. The van der Waals surface area contributed by atoms with Gasteiger partial charge in [0, 0.05) is 0 Å². The molecule has 0 rings (SSSR count). The molecule has 0 unspecified atom stereocenters. The third-order valence-corrected chi connectivity index (χ3v) is 0.167. The van der Waals surface area contributed by atoms with E-state index in [1.54, 1.807) is 0 Å². The summed E-state index contributed by atoms with van der Waals surface area (Å²) < 4.78 is 0. The van der Waals surface area contributed by atoms with Crippen LogP contribution in [0.3, 0.4) is 0 Å². The summed E-state index contributed by atoms with van der Waals surface area (Å²) >= 11 is 0. The number of hydrogen-bond acceptors (Lipinski definition) is 4. The first-order chi connectivity index (χ1) is 2.64. The number of carbonyl (C=O) groups is 2. The maximum absolute atomic E-state index is 8.93. The van der Waals surface area contributed by atoms with E-state index in [0.29, 0.717) is 0 Å². The number of rotatable bonds is 0. The van der Waals surface area contributed by atoms with Crippen LogP contribution < -0.4 is 10.2 Å². The fourth-order valence-corrected chi connectivity index (χ4v) is 0. The first-order valence-corrected chi connectivity index (χ1v) is 1.07. The molecule has 0 bridgehead atoms. The van der Waals surface area contributed by atoms with Crippen molar-refractivity contribution in [2.24, 2.45) is 0 Å². The number of aliphatic carboxylic acids is 2. The summed E-state index contributed by atoms with van der Waals surface area (Å²) in [6.07, 6.45) is 0. The second kappa shape index (κ2) is 3.62. The molecule has 0 N–H and O–H groups in total. The predicted molar refractivity (Wildman–Crippen MR) is 10.0 cm³/mol. The van der Waals surface area contributed by atoms with Crippen LogP contribution in [0.1, 0.15) is 0 Å². The van der Waals surface area contributed by atoms with E-state index < -0.39 is 11.9 Å². The van der Waals surface area contributed by atoms with E-state index in [2.05, 4.69) is 0 Å². The minimum atomic E-state index is -2.19. The second-order valence-corrected chi connectivity index (χ2v) is 0.575. The van der Waals surface area contributed by atoms with Gasteiger partial charge in [-0.25, -0.2) is 0 Å². The van der Waals surface area contributed by atoms with E-state index in [0.717, 1.165) is 0 Å². The van der Waals surface area contributed by atoms with E-state index in [9.17, 15) is 0 Å². The van der Waals surface area contributed by atoms with Gasteiger partial charge in [-0.3, -0.25) is 0 Å². The standard InChI is InChI=1S/C2H2O4.Ni/c3-1(4)2(5)6;/h(H,3,4)(H,5,6);/q;+2/p-2. The van der Waals surface area contributed by atoms with Crippen LogP contribution in [0.25, 0.3) is 0 Å². The van der Waals surface area contributed by atoms with Crippen molar-refractivity contribution in [3.63, 3.8) is 0 Å². The molecule has 0 saturated heterocycles. The molecular formula is C2NiO4. The largest absolute Gasteiger partial charge is 2.00 e. The van der Waals surface area contributed by atoms with Crippen molar-refractivity contribution < 1.29 is 36.3 Å². The average molecular weight is 147 g/mol. The van der Waals surface area contributed by atoms with Crippen molar-refractivity contribution in [3.05, 3.63) is 0 Å². The molecule has 7 heavy (non-hydrogen) atoms. The number of carboxylic acid groups (broad SMARTS) is 2. The zero-order chi connectivity index (χ0) is 5.15.